The quantitative estimate of drug-likeness (QED) is 0.846. The predicted molar refractivity (Wildman–Crippen MR) is 87.2 cm³/mol. The molecule has 0 aliphatic carbocycles. The molecule has 0 atom stereocenters. The third-order valence-electron chi connectivity index (χ3n) is 3.06. The van der Waals surface area contributed by atoms with E-state index < -0.39 is 0 Å². The molecule has 0 fully saturated rings. The molecule has 1 aromatic heterocycles. The van der Waals surface area contributed by atoms with Crippen molar-refractivity contribution in [3.8, 4) is 0 Å². The average molecular weight is 307 g/mol. The monoisotopic (exact) mass is 307 g/mol. The van der Waals surface area contributed by atoms with Crippen molar-refractivity contribution in [3.63, 3.8) is 0 Å². The molecule has 3 nitrogen and oxygen atoms in total. The van der Waals surface area contributed by atoms with E-state index in [1.165, 1.54) is 12.1 Å². The lowest BCUT2D eigenvalue weighted by atomic mass is 10.2. The lowest BCUT2D eigenvalue weighted by Gasteiger charge is -2.15. The summed E-state index contributed by atoms with van der Waals surface area (Å²) in [5.41, 5.74) is 2.15. The third-order valence-corrected chi connectivity index (χ3v) is 4.06. The van der Waals surface area contributed by atoms with Crippen LogP contribution in [0.25, 0.3) is 0 Å². The summed E-state index contributed by atoms with van der Waals surface area (Å²) in [6.07, 6.45) is 0. The van der Waals surface area contributed by atoms with Crippen LogP contribution >= 0.6 is 11.3 Å². The summed E-state index contributed by atoms with van der Waals surface area (Å²) in [4.78, 5) is 6.72. The van der Waals surface area contributed by atoms with E-state index in [9.17, 15) is 4.39 Å². The van der Waals surface area contributed by atoms with Gasteiger partial charge in [-0.1, -0.05) is 26.0 Å². The van der Waals surface area contributed by atoms with Gasteiger partial charge in [-0.25, -0.2) is 9.37 Å². The van der Waals surface area contributed by atoms with Crippen molar-refractivity contribution in [2.75, 3.05) is 18.5 Å². The van der Waals surface area contributed by atoms with Crippen LogP contribution in [0.4, 0.5) is 9.52 Å². The average Bonchev–Trinajstić information content (AvgIpc) is 2.90. The number of nitrogens with zero attached hydrogens (tertiary/aromatic N) is 2. The van der Waals surface area contributed by atoms with E-state index in [0.717, 1.165) is 36.0 Å². The Bertz CT molecular complexity index is 551. The highest BCUT2D eigenvalue weighted by atomic mass is 32.1. The summed E-state index contributed by atoms with van der Waals surface area (Å²) < 4.78 is 12.9. The molecule has 0 saturated carbocycles. The van der Waals surface area contributed by atoms with Crippen LogP contribution in [0, 0.1) is 11.7 Å². The zero-order chi connectivity index (χ0) is 15.2. The number of thiazole rings is 1. The van der Waals surface area contributed by atoms with Crippen LogP contribution in [0.15, 0.2) is 29.6 Å². The molecule has 0 aliphatic heterocycles. The van der Waals surface area contributed by atoms with E-state index in [1.807, 2.05) is 19.2 Å². The van der Waals surface area contributed by atoms with Gasteiger partial charge in [0, 0.05) is 25.5 Å². The van der Waals surface area contributed by atoms with Gasteiger partial charge in [0.2, 0.25) is 0 Å². The molecule has 0 aliphatic rings. The largest absolute Gasteiger partial charge is 0.347 e. The number of benzene rings is 1. The SMILES string of the molecule is CC(C)CNCc1csc(N(C)Cc2ccc(F)cc2)n1. The summed E-state index contributed by atoms with van der Waals surface area (Å²) >= 11 is 1.64. The fourth-order valence-electron chi connectivity index (χ4n) is 1.97. The van der Waals surface area contributed by atoms with Crippen LogP contribution < -0.4 is 10.2 Å². The molecule has 1 heterocycles. The van der Waals surface area contributed by atoms with Crippen LogP contribution in [0.1, 0.15) is 25.1 Å². The minimum absolute atomic E-state index is 0.200. The molecule has 0 spiro atoms. The van der Waals surface area contributed by atoms with Gasteiger partial charge in [-0.2, -0.15) is 0 Å². The summed E-state index contributed by atoms with van der Waals surface area (Å²) in [5.74, 6) is 0.443. The molecule has 1 N–H and O–H groups in total. The molecule has 0 bridgehead atoms. The molecule has 0 saturated heterocycles. The summed E-state index contributed by atoms with van der Waals surface area (Å²) in [6.45, 7) is 6.91. The third kappa shape index (κ3) is 5.10. The van der Waals surface area contributed by atoms with Crippen LogP contribution in [0.2, 0.25) is 0 Å². The molecule has 2 aromatic rings. The summed E-state index contributed by atoms with van der Waals surface area (Å²) in [6, 6.07) is 6.60. The van der Waals surface area contributed by atoms with E-state index in [-0.39, 0.29) is 5.82 Å². The predicted octanol–water partition coefficient (Wildman–Crippen LogP) is 3.66. The first-order valence-corrected chi connectivity index (χ1v) is 8.03. The smallest absolute Gasteiger partial charge is 0.185 e. The zero-order valence-electron chi connectivity index (χ0n) is 12.8. The lowest BCUT2D eigenvalue weighted by Crippen LogP contribution is -2.19. The van der Waals surface area contributed by atoms with Gasteiger partial charge in [0.1, 0.15) is 5.82 Å². The van der Waals surface area contributed by atoms with Crippen molar-refractivity contribution in [2.45, 2.75) is 26.9 Å². The Kier molecular flexibility index (Phi) is 5.70. The minimum atomic E-state index is -0.200. The highest BCUT2D eigenvalue weighted by molar-refractivity contribution is 7.13. The van der Waals surface area contributed by atoms with Crippen LogP contribution in [-0.4, -0.2) is 18.6 Å². The Hall–Kier alpha value is -1.46. The van der Waals surface area contributed by atoms with Gasteiger partial charge in [-0.3, -0.25) is 0 Å². The topological polar surface area (TPSA) is 28.2 Å². The molecule has 1 aromatic carbocycles. The molecule has 2 rings (SSSR count). The van der Waals surface area contributed by atoms with Crippen molar-refractivity contribution < 1.29 is 4.39 Å². The van der Waals surface area contributed by atoms with Crippen molar-refractivity contribution in [3.05, 3.63) is 46.7 Å². The van der Waals surface area contributed by atoms with Gasteiger partial charge in [0.15, 0.2) is 5.13 Å². The number of nitrogens with one attached hydrogen (secondary N) is 1. The number of hydrogen-bond acceptors (Lipinski definition) is 4. The van der Waals surface area contributed by atoms with E-state index in [0.29, 0.717) is 5.92 Å². The second-order valence-electron chi connectivity index (χ2n) is 5.63. The van der Waals surface area contributed by atoms with E-state index in [1.54, 1.807) is 11.3 Å². The van der Waals surface area contributed by atoms with E-state index in [4.69, 9.17) is 0 Å². The maximum Gasteiger partial charge on any atom is 0.185 e. The second-order valence-corrected chi connectivity index (χ2v) is 6.47. The molecule has 0 radical (unpaired) electrons. The van der Waals surface area contributed by atoms with Crippen LogP contribution in [0.3, 0.4) is 0 Å². The summed E-state index contributed by atoms with van der Waals surface area (Å²) in [5, 5.41) is 6.47. The molecular formula is C16H22FN3S. The number of anilines is 1. The second kappa shape index (κ2) is 7.52. The minimum Gasteiger partial charge on any atom is -0.347 e. The fraction of sp³-hybridized carbons (Fsp3) is 0.438. The normalized spacial score (nSPS) is 11.1. The highest BCUT2D eigenvalue weighted by Crippen LogP contribution is 2.21. The van der Waals surface area contributed by atoms with Crippen molar-refractivity contribution in [2.24, 2.45) is 5.92 Å². The number of halogens is 1. The number of aromatic nitrogens is 1. The first kappa shape index (κ1) is 15.9. The van der Waals surface area contributed by atoms with Gasteiger partial charge < -0.3 is 10.2 Å². The Morgan fingerprint density at radius 2 is 2.00 bits per heavy atom. The Morgan fingerprint density at radius 3 is 2.67 bits per heavy atom. The van der Waals surface area contributed by atoms with Gasteiger partial charge in [-0.15, -0.1) is 11.3 Å². The number of rotatable bonds is 7. The standard InChI is InChI=1S/C16H22FN3S/c1-12(2)8-18-9-15-11-21-16(19-15)20(3)10-13-4-6-14(17)7-5-13/h4-7,11-12,18H,8-10H2,1-3H3. The molecule has 21 heavy (non-hydrogen) atoms. The molecule has 114 valence electrons. The maximum atomic E-state index is 12.9. The molecule has 0 amide bonds. The van der Waals surface area contributed by atoms with Gasteiger partial charge in [0.25, 0.3) is 0 Å². The molecule has 5 heteroatoms. The van der Waals surface area contributed by atoms with Gasteiger partial charge >= 0.3 is 0 Å². The Morgan fingerprint density at radius 1 is 1.29 bits per heavy atom. The molecule has 0 unspecified atom stereocenters. The maximum absolute atomic E-state index is 12.9. The summed E-state index contributed by atoms with van der Waals surface area (Å²) in [7, 11) is 2.01. The van der Waals surface area contributed by atoms with Crippen molar-refractivity contribution in [1.82, 2.24) is 10.3 Å². The zero-order valence-corrected chi connectivity index (χ0v) is 13.6. The van der Waals surface area contributed by atoms with Crippen molar-refractivity contribution in [1.29, 1.82) is 0 Å². The highest BCUT2D eigenvalue weighted by Gasteiger charge is 2.08. The Balaban J connectivity index is 1.89. The lowest BCUT2D eigenvalue weighted by molar-refractivity contribution is 0.549. The van der Waals surface area contributed by atoms with Crippen LogP contribution in [0.5, 0.6) is 0 Å². The van der Waals surface area contributed by atoms with Crippen molar-refractivity contribution >= 4 is 16.5 Å². The first-order valence-electron chi connectivity index (χ1n) is 7.15. The Labute approximate surface area is 129 Å². The fourth-order valence-corrected chi connectivity index (χ4v) is 2.76. The first-order chi connectivity index (χ1) is 10.0. The van der Waals surface area contributed by atoms with Gasteiger partial charge in [0.05, 0.1) is 5.69 Å². The van der Waals surface area contributed by atoms with Gasteiger partial charge in [-0.05, 0) is 30.2 Å². The molecular weight excluding hydrogens is 285 g/mol. The van der Waals surface area contributed by atoms with E-state index in [2.05, 4.69) is 34.4 Å². The van der Waals surface area contributed by atoms with E-state index >= 15 is 0 Å². The number of hydrogen-bond donors (Lipinski definition) is 1. The van der Waals surface area contributed by atoms with Crippen LogP contribution in [-0.2, 0) is 13.1 Å².